The van der Waals surface area contributed by atoms with Gasteiger partial charge in [-0.2, -0.15) is 10.2 Å². The van der Waals surface area contributed by atoms with Gasteiger partial charge in [-0.05, 0) is 49.1 Å². The van der Waals surface area contributed by atoms with Crippen LogP contribution in [-0.2, 0) is 4.74 Å². The first-order chi connectivity index (χ1) is 16.2. The van der Waals surface area contributed by atoms with Gasteiger partial charge in [0.15, 0.2) is 5.65 Å². The lowest BCUT2D eigenvalue weighted by atomic mass is 10.0. The molecule has 0 bridgehead atoms. The molecule has 6 rings (SSSR count). The van der Waals surface area contributed by atoms with Crippen LogP contribution in [0.5, 0.6) is 0 Å². The molecule has 2 aliphatic rings. The van der Waals surface area contributed by atoms with Gasteiger partial charge in [0.1, 0.15) is 23.1 Å². The molecule has 4 aromatic rings. The monoisotopic (exact) mass is 448 g/mol. The van der Waals surface area contributed by atoms with Gasteiger partial charge in [-0.25, -0.2) is 23.0 Å². The van der Waals surface area contributed by atoms with Crippen molar-refractivity contribution in [2.24, 2.45) is 0 Å². The molecule has 1 aromatic carbocycles. The van der Waals surface area contributed by atoms with E-state index in [1.165, 1.54) is 17.7 Å². The second kappa shape index (κ2) is 8.08. The van der Waals surface area contributed by atoms with E-state index in [2.05, 4.69) is 16.3 Å². The van der Waals surface area contributed by atoms with E-state index in [9.17, 15) is 8.78 Å². The van der Waals surface area contributed by atoms with Crippen molar-refractivity contribution in [2.45, 2.75) is 25.3 Å². The molecule has 0 aliphatic carbocycles. The lowest BCUT2D eigenvalue weighted by Crippen LogP contribution is -2.24. The molecule has 9 heteroatoms. The Bertz CT molecular complexity index is 1360. The van der Waals surface area contributed by atoms with E-state index in [4.69, 9.17) is 9.72 Å². The standard InChI is InChI=1S/C24H22F2N6O/c25-18-3-4-20(26)19(12-18)21-2-1-8-30(21)23-5-9-31-24(29-23)22(14-28-31)32-15-17(13-27-32)16-6-10-33-11-7-16/h3-6,9,12-15,21H,1-2,7-8,10-11H2/t21-/m1/s1. The van der Waals surface area contributed by atoms with Gasteiger partial charge >= 0.3 is 0 Å². The molecular weight excluding hydrogens is 426 g/mol. The Kier molecular flexibility index (Phi) is 4.91. The van der Waals surface area contributed by atoms with E-state index in [0.29, 0.717) is 30.2 Å². The number of rotatable bonds is 4. The summed E-state index contributed by atoms with van der Waals surface area (Å²) < 4.78 is 37.2. The van der Waals surface area contributed by atoms with Crippen LogP contribution in [0.3, 0.4) is 0 Å². The summed E-state index contributed by atoms with van der Waals surface area (Å²) in [6.07, 6.45) is 11.9. The maximum atomic E-state index is 14.5. The molecule has 0 saturated carbocycles. The molecule has 2 aliphatic heterocycles. The van der Waals surface area contributed by atoms with E-state index < -0.39 is 11.6 Å². The summed E-state index contributed by atoms with van der Waals surface area (Å²) in [6, 6.07) is 5.22. The molecule has 1 saturated heterocycles. The fraction of sp³-hybridized carbons (Fsp3) is 0.292. The van der Waals surface area contributed by atoms with Crippen molar-refractivity contribution in [2.75, 3.05) is 24.7 Å². The number of aromatic nitrogens is 5. The molecule has 168 valence electrons. The number of hydrogen-bond acceptors (Lipinski definition) is 5. The van der Waals surface area contributed by atoms with Crippen LogP contribution in [-0.4, -0.2) is 44.1 Å². The van der Waals surface area contributed by atoms with Crippen LogP contribution in [0.1, 0.15) is 36.4 Å². The summed E-state index contributed by atoms with van der Waals surface area (Å²) in [5.41, 5.74) is 4.03. The molecule has 33 heavy (non-hydrogen) atoms. The third-order valence-corrected chi connectivity index (χ3v) is 6.36. The Labute approximate surface area is 188 Å². The Morgan fingerprint density at radius 3 is 2.91 bits per heavy atom. The molecule has 5 heterocycles. The Hall–Kier alpha value is -3.59. The lowest BCUT2D eigenvalue weighted by Gasteiger charge is -2.26. The minimum absolute atomic E-state index is 0.265. The quantitative estimate of drug-likeness (QED) is 0.465. The average molecular weight is 448 g/mol. The zero-order valence-corrected chi connectivity index (χ0v) is 17.9. The first kappa shape index (κ1) is 20.0. The summed E-state index contributed by atoms with van der Waals surface area (Å²) in [6.45, 7) is 2.04. The minimum atomic E-state index is -0.436. The van der Waals surface area contributed by atoms with Crippen LogP contribution in [0, 0.1) is 11.6 Å². The van der Waals surface area contributed by atoms with Crippen LogP contribution < -0.4 is 4.90 Å². The number of benzene rings is 1. The van der Waals surface area contributed by atoms with Gasteiger partial charge in [-0.1, -0.05) is 6.08 Å². The number of ether oxygens (including phenoxy) is 1. The Balaban J connectivity index is 1.36. The van der Waals surface area contributed by atoms with E-state index in [1.54, 1.807) is 15.4 Å². The molecule has 0 unspecified atom stereocenters. The molecular formula is C24H22F2N6O. The SMILES string of the molecule is Fc1ccc(F)c([C@H]2CCCN2c2ccn3ncc(-n4cc(C5=CCOCC5)cn4)c3n2)c1. The van der Waals surface area contributed by atoms with E-state index in [-0.39, 0.29) is 6.04 Å². The number of fused-ring (bicyclic) bond motifs is 1. The number of hydrogen-bond donors (Lipinski definition) is 0. The van der Waals surface area contributed by atoms with Gasteiger partial charge in [0.2, 0.25) is 0 Å². The number of anilines is 1. The van der Waals surface area contributed by atoms with Crippen molar-refractivity contribution < 1.29 is 13.5 Å². The van der Waals surface area contributed by atoms with Crippen LogP contribution in [0.2, 0.25) is 0 Å². The summed E-state index contributed by atoms with van der Waals surface area (Å²) in [4.78, 5) is 6.90. The van der Waals surface area contributed by atoms with Gasteiger partial charge in [-0.15, -0.1) is 0 Å². The van der Waals surface area contributed by atoms with Gasteiger partial charge in [-0.3, -0.25) is 0 Å². The van der Waals surface area contributed by atoms with Crippen molar-refractivity contribution in [3.63, 3.8) is 0 Å². The molecule has 7 nitrogen and oxygen atoms in total. The summed E-state index contributed by atoms with van der Waals surface area (Å²) in [7, 11) is 0. The highest BCUT2D eigenvalue weighted by Crippen LogP contribution is 2.37. The van der Waals surface area contributed by atoms with Crippen molar-refractivity contribution in [1.29, 1.82) is 0 Å². The Morgan fingerprint density at radius 1 is 1.09 bits per heavy atom. The van der Waals surface area contributed by atoms with Gasteiger partial charge < -0.3 is 9.64 Å². The largest absolute Gasteiger partial charge is 0.377 e. The molecule has 1 fully saturated rings. The zero-order valence-electron chi connectivity index (χ0n) is 17.9. The topological polar surface area (TPSA) is 60.5 Å². The molecule has 1 atom stereocenters. The lowest BCUT2D eigenvalue weighted by molar-refractivity contribution is 0.161. The predicted octanol–water partition coefficient (Wildman–Crippen LogP) is 4.34. The highest BCUT2D eigenvalue weighted by Gasteiger charge is 2.30. The Morgan fingerprint density at radius 2 is 2.03 bits per heavy atom. The molecule has 0 N–H and O–H groups in total. The predicted molar refractivity (Wildman–Crippen MR) is 119 cm³/mol. The normalized spacial score (nSPS) is 18.8. The summed E-state index contributed by atoms with van der Waals surface area (Å²) in [5.74, 6) is -0.130. The molecule has 0 spiro atoms. The second-order valence-corrected chi connectivity index (χ2v) is 8.33. The summed E-state index contributed by atoms with van der Waals surface area (Å²) in [5, 5.41) is 8.95. The third-order valence-electron chi connectivity index (χ3n) is 6.36. The van der Waals surface area contributed by atoms with E-state index in [1.807, 2.05) is 29.6 Å². The van der Waals surface area contributed by atoms with Gasteiger partial charge in [0.05, 0.1) is 31.6 Å². The van der Waals surface area contributed by atoms with Crippen LogP contribution in [0.25, 0.3) is 16.9 Å². The zero-order chi connectivity index (χ0) is 22.4. The molecule has 0 radical (unpaired) electrons. The van der Waals surface area contributed by atoms with Crippen molar-refractivity contribution in [3.05, 3.63) is 77.9 Å². The van der Waals surface area contributed by atoms with Crippen LogP contribution in [0.15, 0.2) is 55.1 Å². The van der Waals surface area contributed by atoms with Gasteiger partial charge in [0.25, 0.3) is 0 Å². The minimum Gasteiger partial charge on any atom is -0.377 e. The highest BCUT2D eigenvalue weighted by molar-refractivity contribution is 5.67. The highest BCUT2D eigenvalue weighted by atomic mass is 19.1. The van der Waals surface area contributed by atoms with Crippen molar-refractivity contribution in [3.8, 4) is 5.69 Å². The summed E-state index contributed by atoms with van der Waals surface area (Å²) >= 11 is 0. The first-order valence-electron chi connectivity index (χ1n) is 11.1. The van der Waals surface area contributed by atoms with Crippen LogP contribution in [0.4, 0.5) is 14.6 Å². The third kappa shape index (κ3) is 3.58. The molecule has 3 aromatic heterocycles. The maximum absolute atomic E-state index is 14.5. The van der Waals surface area contributed by atoms with E-state index in [0.717, 1.165) is 43.1 Å². The fourth-order valence-corrected chi connectivity index (χ4v) is 4.71. The van der Waals surface area contributed by atoms with Crippen LogP contribution >= 0.6 is 0 Å². The molecule has 0 amide bonds. The second-order valence-electron chi connectivity index (χ2n) is 8.33. The van der Waals surface area contributed by atoms with Crippen molar-refractivity contribution in [1.82, 2.24) is 24.4 Å². The fourth-order valence-electron chi connectivity index (χ4n) is 4.71. The average Bonchev–Trinajstić information content (AvgIpc) is 3.60. The van der Waals surface area contributed by atoms with E-state index >= 15 is 0 Å². The smallest absolute Gasteiger partial charge is 0.183 e. The maximum Gasteiger partial charge on any atom is 0.183 e. The number of nitrogens with zero attached hydrogens (tertiary/aromatic N) is 6. The van der Waals surface area contributed by atoms with Gasteiger partial charge in [0, 0.05) is 30.1 Å². The number of halogens is 2. The van der Waals surface area contributed by atoms with Crippen molar-refractivity contribution >= 4 is 17.0 Å². The first-order valence-corrected chi connectivity index (χ1v) is 11.1.